The highest BCUT2D eigenvalue weighted by molar-refractivity contribution is 8.20. The van der Waals surface area contributed by atoms with Crippen molar-refractivity contribution in [2.24, 2.45) is 0 Å². The van der Waals surface area contributed by atoms with Gasteiger partial charge in [-0.15, -0.1) is 0 Å². The van der Waals surface area contributed by atoms with Gasteiger partial charge >= 0.3 is 0 Å². The van der Waals surface area contributed by atoms with Crippen molar-refractivity contribution in [3.63, 3.8) is 0 Å². The van der Waals surface area contributed by atoms with Gasteiger partial charge in [-0.1, -0.05) is 41.6 Å². The third-order valence-electron chi connectivity index (χ3n) is 1.12. The van der Waals surface area contributed by atoms with Gasteiger partial charge in [0.2, 0.25) is 0 Å². The van der Waals surface area contributed by atoms with Crippen molar-refractivity contribution in [3.8, 4) is 5.40 Å². The summed E-state index contributed by atoms with van der Waals surface area (Å²) in [6.45, 7) is 0. The van der Waals surface area contributed by atoms with Gasteiger partial charge in [0.25, 0.3) is 0 Å². The molecule has 0 spiro atoms. The van der Waals surface area contributed by atoms with Crippen molar-refractivity contribution in [3.05, 3.63) is 30.3 Å². The molecule has 1 aromatic rings. The highest BCUT2D eigenvalue weighted by Gasteiger charge is 2.05. The first-order valence-corrected chi connectivity index (χ1v) is 5.43. The fourth-order valence-corrected chi connectivity index (χ4v) is 2.37. The molecule has 0 amide bonds. The maximum Gasteiger partial charge on any atom is 0.143 e. The number of hydrogen-bond donors (Lipinski definition) is 0. The summed E-state index contributed by atoms with van der Waals surface area (Å²) in [5.74, 6) is 0. The lowest BCUT2D eigenvalue weighted by Crippen LogP contribution is -1.81. The highest BCUT2D eigenvalue weighted by Crippen LogP contribution is 2.32. The fraction of sp³-hybridized carbons (Fsp3) is 0.125. The number of thiocyanates is 1. The minimum Gasteiger partial charge on any atom is -0.185 e. The zero-order valence-corrected chi connectivity index (χ0v) is 8.49. The second-order valence-corrected chi connectivity index (χ2v) is 5.24. The van der Waals surface area contributed by atoms with Crippen LogP contribution in [0.5, 0.6) is 0 Å². The summed E-state index contributed by atoms with van der Waals surface area (Å²) in [6.07, 6.45) is 0. The lowest BCUT2D eigenvalue weighted by Gasteiger charge is -2.02. The molecule has 0 aliphatic carbocycles. The Morgan fingerprint density at radius 2 is 2.00 bits per heavy atom. The van der Waals surface area contributed by atoms with E-state index < -0.39 is 0 Å². The number of benzene rings is 1. The van der Waals surface area contributed by atoms with E-state index >= 15 is 0 Å². The zero-order chi connectivity index (χ0) is 8.81. The Hall–Kier alpha value is -0.300. The van der Waals surface area contributed by atoms with E-state index in [2.05, 4.69) is 0 Å². The molecule has 1 nitrogen and oxygen atoms in total. The third kappa shape index (κ3) is 3.40. The third-order valence-corrected chi connectivity index (χ3v) is 3.25. The Labute approximate surface area is 85.1 Å². The van der Waals surface area contributed by atoms with Crippen LogP contribution >= 0.6 is 35.1 Å². The number of rotatable bonds is 3. The van der Waals surface area contributed by atoms with Gasteiger partial charge in [-0.05, 0) is 23.9 Å². The normalized spacial score (nSPS) is 12.0. The fourth-order valence-electron chi connectivity index (χ4n) is 0.672. The molecule has 1 unspecified atom stereocenters. The van der Waals surface area contributed by atoms with E-state index in [9.17, 15) is 0 Å². The number of alkyl halides is 1. The van der Waals surface area contributed by atoms with Gasteiger partial charge in [0.05, 0.1) is 0 Å². The van der Waals surface area contributed by atoms with Gasteiger partial charge in [0, 0.05) is 4.90 Å². The molecule has 62 valence electrons. The minimum absolute atomic E-state index is 0.225. The molecule has 4 heteroatoms. The van der Waals surface area contributed by atoms with Crippen LogP contribution in [0, 0.1) is 10.7 Å². The van der Waals surface area contributed by atoms with E-state index in [1.54, 1.807) is 0 Å². The van der Waals surface area contributed by atoms with Crippen LogP contribution in [-0.4, -0.2) is 4.04 Å². The van der Waals surface area contributed by atoms with Crippen LogP contribution in [0.4, 0.5) is 0 Å². The van der Waals surface area contributed by atoms with Gasteiger partial charge in [0.15, 0.2) is 0 Å². The molecule has 0 N–H and O–H groups in total. The smallest absolute Gasteiger partial charge is 0.143 e. The average Bonchev–Trinajstić information content (AvgIpc) is 2.06. The maximum atomic E-state index is 8.33. The van der Waals surface area contributed by atoms with Gasteiger partial charge < -0.3 is 0 Å². The lowest BCUT2D eigenvalue weighted by molar-refractivity contribution is 1.46. The van der Waals surface area contributed by atoms with Crippen molar-refractivity contribution >= 4 is 35.1 Å². The quantitative estimate of drug-likeness (QED) is 0.334. The Balaban J connectivity index is 2.48. The van der Waals surface area contributed by atoms with Gasteiger partial charge in [-0.2, -0.15) is 5.26 Å². The molecule has 0 heterocycles. The molecule has 1 atom stereocenters. The van der Waals surface area contributed by atoms with Crippen LogP contribution < -0.4 is 0 Å². The minimum atomic E-state index is -0.225. The lowest BCUT2D eigenvalue weighted by atomic mass is 10.4. The molecule has 0 aromatic heterocycles. The van der Waals surface area contributed by atoms with Crippen molar-refractivity contribution in [1.82, 2.24) is 0 Å². The summed E-state index contributed by atoms with van der Waals surface area (Å²) < 4.78 is -0.225. The summed E-state index contributed by atoms with van der Waals surface area (Å²) in [5.41, 5.74) is 0. The highest BCUT2D eigenvalue weighted by atomic mass is 35.5. The van der Waals surface area contributed by atoms with Crippen LogP contribution in [0.1, 0.15) is 0 Å². The predicted molar refractivity (Wildman–Crippen MR) is 55.1 cm³/mol. The molecule has 0 bridgehead atoms. The molecule has 0 saturated carbocycles. The Kier molecular flexibility index (Phi) is 4.37. The summed E-state index contributed by atoms with van der Waals surface area (Å²) in [6, 6.07) is 9.78. The van der Waals surface area contributed by atoms with E-state index in [-0.39, 0.29) is 4.04 Å². The molecular formula is C8H6ClNS2. The van der Waals surface area contributed by atoms with Crippen LogP contribution in [0.2, 0.25) is 0 Å². The average molecular weight is 216 g/mol. The Morgan fingerprint density at radius 1 is 1.33 bits per heavy atom. The second kappa shape index (κ2) is 5.36. The first-order valence-electron chi connectivity index (χ1n) is 3.23. The summed E-state index contributed by atoms with van der Waals surface area (Å²) >= 11 is 8.35. The summed E-state index contributed by atoms with van der Waals surface area (Å²) in [5, 5.41) is 10.3. The Morgan fingerprint density at radius 3 is 2.58 bits per heavy atom. The Bertz CT molecular complexity index is 270. The molecule has 12 heavy (non-hydrogen) atoms. The monoisotopic (exact) mass is 215 g/mol. The summed E-state index contributed by atoms with van der Waals surface area (Å²) in [7, 11) is 0. The molecule has 0 aliphatic heterocycles. The topological polar surface area (TPSA) is 23.8 Å². The molecular weight excluding hydrogens is 210 g/mol. The number of thioether (sulfide) groups is 2. The van der Waals surface area contributed by atoms with Crippen molar-refractivity contribution in [2.75, 3.05) is 0 Å². The zero-order valence-electron chi connectivity index (χ0n) is 6.11. The van der Waals surface area contributed by atoms with Crippen LogP contribution in [0.25, 0.3) is 0 Å². The number of halogens is 1. The van der Waals surface area contributed by atoms with Crippen molar-refractivity contribution in [1.29, 1.82) is 5.26 Å². The van der Waals surface area contributed by atoms with E-state index in [0.29, 0.717) is 0 Å². The van der Waals surface area contributed by atoms with Crippen molar-refractivity contribution in [2.45, 2.75) is 8.94 Å². The standard InChI is InChI=1S/C8H6ClNS2/c9-8(11-6-10)12-7-4-2-1-3-5-7/h1-5,8H. The van der Waals surface area contributed by atoms with Crippen molar-refractivity contribution < 1.29 is 0 Å². The molecule has 1 rings (SSSR count). The number of nitrogens with zero attached hydrogens (tertiary/aromatic N) is 1. The molecule has 1 aromatic carbocycles. The molecule has 0 radical (unpaired) electrons. The van der Waals surface area contributed by atoms with E-state index in [1.807, 2.05) is 35.7 Å². The molecule has 0 aliphatic rings. The molecule has 0 saturated heterocycles. The van der Waals surface area contributed by atoms with Crippen LogP contribution in [0.3, 0.4) is 0 Å². The SMILES string of the molecule is N#CSC(Cl)Sc1ccccc1. The number of hydrogen-bond acceptors (Lipinski definition) is 3. The maximum absolute atomic E-state index is 8.33. The van der Waals surface area contributed by atoms with E-state index in [4.69, 9.17) is 16.9 Å². The van der Waals surface area contributed by atoms with Gasteiger partial charge in [-0.25, -0.2) is 0 Å². The van der Waals surface area contributed by atoms with E-state index in [1.165, 1.54) is 11.8 Å². The predicted octanol–water partition coefficient (Wildman–Crippen LogP) is 3.52. The molecule has 0 fully saturated rings. The van der Waals surface area contributed by atoms with Crippen LogP contribution in [0.15, 0.2) is 35.2 Å². The van der Waals surface area contributed by atoms with Crippen LogP contribution in [-0.2, 0) is 0 Å². The number of nitriles is 1. The first kappa shape index (κ1) is 9.79. The van der Waals surface area contributed by atoms with Gasteiger partial charge in [0.1, 0.15) is 9.44 Å². The first-order chi connectivity index (χ1) is 5.83. The summed E-state index contributed by atoms with van der Waals surface area (Å²) in [4.78, 5) is 1.08. The second-order valence-electron chi connectivity index (χ2n) is 1.91. The van der Waals surface area contributed by atoms with Gasteiger partial charge in [-0.3, -0.25) is 0 Å². The largest absolute Gasteiger partial charge is 0.185 e. The van der Waals surface area contributed by atoms with E-state index in [0.717, 1.165) is 16.7 Å².